The van der Waals surface area contributed by atoms with E-state index in [9.17, 15) is 0 Å². The third-order valence-electron chi connectivity index (χ3n) is 0. The van der Waals surface area contributed by atoms with E-state index in [4.69, 9.17) is 0 Å². The van der Waals surface area contributed by atoms with Gasteiger partial charge >= 0.3 is 45.5 Å². The van der Waals surface area contributed by atoms with Crippen LogP contribution in [0.1, 0.15) is 0 Å². The largest absolute Gasteiger partial charge is 0 e. The van der Waals surface area contributed by atoms with Crippen molar-refractivity contribution in [3.63, 3.8) is 0 Å². The molecule has 4 heavy (non-hydrogen) atoms. The fourth-order valence-corrected chi connectivity index (χ4v) is 0. The number of rotatable bonds is 0. The Balaban J connectivity index is 0. The molecule has 0 amide bonds. The fourth-order valence-electron chi connectivity index (χ4n) is 0. The Morgan fingerprint density at radius 2 is 1.00 bits per heavy atom. The van der Waals surface area contributed by atoms with E-state index in [-0.39, 0.29) is 100 Å². The van der Waals surface area contributed by atoms with E-state index in [1.807, 2.05) is 0 Å². The summed E-state index contributed by atoms with van der Waals surface area (Å²) in [5.74, 6) is 0. The number of hydrogen-bond acceptors (Lipinski definition) is 0. The van der Waals surface area contributed by atoms with Gasteiger partial charge in [-0.3, -0.25) is 0 Å². The maximum atomic E-state index is 0. The van der Waals surface area contributed by atoms with Crippen LogP contribution in [0.4, 0.5) is 0 Å². The first-order valence-corrected chi connectivity index (χ1v) is 0. The van der Waals surface area contributed by atoms with Crippen LogP contribution in [0, 0.1) is 0 Å². The zero-order valence-electron chi connectivity index (χ0n) is 0.500. The normalized spacial score (nSPS) is 0. The SMILES string of the molecule is [AlH3].[SiH4].[SrH2].[Zr]. The van der Waals surface area contributed by atoms with Crippen LogP contribution in [-0.4, -0.2) is 73.8 Å². The molecular weight excluding hydrogens is 234 g/mol. The van der Waals surface area contributed by atoms with Gasteiger partial charge in [0.05, 0.1) is 0 Å². The van der Waals surface area contributed by atoms with Gasteiger partial charge in [-0.2, -0.15) is 0 Å². The summed E-state index contributed by atoms with van der Waals surface area (Å²) in [6.45, 7) is 0. The molecule has 0 aliphatic carbocycles. The molecule has 0 heterocycles. The van der Waals surface area contributed by atoms with Crippen LogP contribution < -0.4 is 0 Å². The van der Waals surface area contributed by atoms with E-state index in [2.05, 4.69) is 0 Å². The molecule has 0 N–H and O–H groups in total. The third kappa shape index (κ3) is 8.93. The van der Waals surface area contributed by atoms with Gasteiger partial charge in [0.2, 0.25) is 0 Å². The Labute approximate surface area is 97.7 Å². The van der Waals surface area contributed by atoms with Crippen molar-refractivity contribution in [3.05, 3.63) is 0 Å². The Kier molecular flexibility index (Phi) is 113. The molecule has 0 aliphatic heterocycles. The van der Waals surface area contributed by atoms with Crippen molar-refractivity contribution in [1.29, 1.82) is 0 Å². The molecule has 0 aromatic heterocycles. The van der Waals surface area contributed by atoms with Crippen LogP contribution in [0.2, 0.25) is 0 Å². The van der Waals surface area contributed by atoms with E-state index in [0.717, 1.165) is 0 Å². The smallest absolute Gasteiger partial charge is 0 e. The molecule has 0 aromatic rings. The minimum Gasteiger partial charge on any atom is 0 e. The topological polar surface area (TPSA) is 0 Å². The Bertz CT molecular complexity index is 8.00. The first-order valence-electron chi connectivity index (χ1n) is 0. The van der Waals surface area contributed by atoms with Crippen LogP contribution >= 0.6 is 0 Å². The molecule has 0 atom stereocenters. The summed E-state index contributed by atoms with van der Waals surface area (Å²) >= 11 is 0. The summed E-state index contributed by atoms with van der Waals surface area (Å²) in [5.41, 5.74) is 0. The molecule has 0 fully saturated rings. The second-order valence-electron chi connectivity index (χ2n) is 0. The zero-order valence-corrected chi connectivity index (χ0v) is 2.96. The van der Waals surface area contributed by atoms with Crippen molar-refractivity contribution >= 4 is 73.8 Å². The maximum absolute atomic E-state index is 0. The predicted octanol–water partition coefficient (Wildman–Crippen LogP) is -3.55. The molecule has 0 saturated carbocycles. The molecular formula is H9AlSiSrZr. The first-order chi connectivity index (χ1) is 0. The van der Waals surface area contributed by atoms with Crippen LogP contribution in [-0.2, 0) is 26.2 Å². The summed E-state index contributed by atoms with van der Waals surface area (Å²) in [4.78, 5) is 0. The van der Waals surface area contributed by atoms with E-state index < -0.39 is 0 Å². The molecule has 0 radical (unpaired) electrons. The second-order valence-corrected chi connectivity index (χ2v) is 0. The van der Waals surface area contributed by atoms with Crippen molar-refractivity contribution in [1.82, 2.24) is 0 Å². The van der Waals surface area contributed by atoms with Crippen LogP contribution in [0.25, 0.3) is 0 Å². The maximum Gasteiger partial charge on any atom is 0 e. The first kappa shape index (κ1) is 27.4. The fraction of sp³-hybridized carbons (Fsp3) is 0. The van der Waals surface area contributed by atoms with Gasteiger partial charge in [-0.25, -0.2) is 0 Å². The van der Waals surface area contributed by atoms with Gasteiger partial charge in [0.25, 0.3) is 0 Å². The molecule has 0 saturated heterocycles. The van der Waals surface area contributed by atoms with Gasteiger partial charge in [-0.1, -0.05) is 0 Å². The second kappa shape index (κ2) is 16.5. The van der Waals surface area contributed by atoms with E-state index >= 15 is 0 Å². The summed E-state index contributed by atoms with van der Waals surface area (Å²) in [6.07, 6.45) is 0. The van der Waals surface area contributed by atoms with Crippen LogP contribution in [0.5, 0.6) is 0 Å². The molecule has 0 spiro atoms. The molecule has 0 aliphatic rings. The summed E-state index contributed by atoms with van der Waals surface area (Å²) in [6, 6.07) is 0. The standard InChI is InChI=1S/Al.H4Si.Sr.Zr.5H/h;1H4;;;;;;;. The summed E-state index contributed by atoms with van der Waals surface area (Å²) < 4.78 is 0. The molecule has 0 bridgehead atoms. The van der Waals surface area contributed by atoms with Gasteiger partial charge in [-0.05, 0) is 11.0 Å². The van der Waals surface area contributed by atoms with Gasteiger partial charge < -0.3 is 0 Å². The molecule has 0 nitrogen and oxygen atoms in total. The molecule has 4 heteroatoms. The average Bonchev–Trinajstić information content (AvgIpc) is 0. The van der Waals surface area contributed by atoms with Gasteiger partial charge in [0.1, 0.15) is 0 Å². The minimum atomic E-state index is 0. The van der Waals surface area contributed by atoms with Crippen molar-refractivity contribution in [2.24, 2.45) is 0 Å². The Morgan fingerprint density at radius 3 is 1.00 bits per heavy atom. The zero-order chi connectivity index (χ0) is 0. The van der Waals surface area contributed by atoms with Crippen molar-refractivity contribution in [3.8, 4) is 0 Å². The van der Waals surface area contributed by atoms with Crippen LogP contribution in [0.3, 0.4) is 0 Å². The summed E-state index contributed by atoms with van der Waals surface area (Å²) in [5, 5.41) is 0. The van der Waals surface area contributed by atoms with Crippen molar-refractivity contribution in [2.45, 2.75) is 0 Å². The molecule has 22 valence electrons. The molecule has 0 unspecified atom stereocenters. The van der Waals surface area contributed by atoms with E-state index in [1.165, 1.54) is 0 Å². The van der Waals surface area contributed by atoms with Gasteiger partial charge in [0.15, 0.2) is 17.4 Å². The third-order valence-corrected chi connectivity index (χ3v) is 0. The Hall–Kier alpha value is 3.11. The van der Waals surface area contributed by atoms with Crippen molar-refractivity contribution in [2.75, 3.05) is 0 Å². The van der Waals surface area contributed by atoms with Crippen molar-refractivity contribution < 1.29 is 26.2 Å². The molecule has 0 rings (SSSR count). The summed E-state index contributed by atoms with van der Waals surface area (Å²) in [7, 11) is 0. The van der Waals surface area contributed by atoms with Crippen LogP contribution in [0.15, 0.2) is 0 Å². The van der Waals surface area contributed by atoms with E-state index in [0.29, 0.717) is 0 Å². The minimum absolute atomic E-state index is 0. The van der Waals surface area contributed by atoms with E-state index in [1.54, 1.807) is 0 Å². The van der Waals surface area contributed by atoms with Gasteiger partial charge in [0, 0.05) is 26.2 Å². The van der Waals surface area contributed by atoms with Gasteiger partial charge in [-0.15, -0.1) is 0 Å². The average molecular weight is 243 g/mol. The monoisotopic (exact) mass is 242 g/mol. The quantitative estimate of drug-likeness (QED) is 0.386. The Morgan fingerprint density at radius 1 is 1.00 bits per heavy atom. The number of hydrogen-bond donors (Lipinski definition) is 0. The molecule has 0 aromatic carbocycles. The predicted molar refractivity (Wildman–Crippen MR) is 29.8 cm³/mol.